The van der Waals surface area contributed by atoms with Gasteiger partial charge < -0.3 is 5.73 Å². The normalized spacial score (nSPS) is 25.2. The zero-order chi connectivity index (χ0) is 10.2. The van der Waals surface area contributed by atoms with Crippen LogP contribution in [0.5, 0.6) is 0 Å². The van der Waals surface area contributed by atoms with Crippen LogP contribution in [0.1, 0.15) is 17.5 Å². The van der Waals surface area contributed by atoms with E-state index in [1.54, 1.807) is 0 Å². The van der Waals surface area contributed by atoms with E-state index in [9.17, 15) is 0 Å². The Morgan fingerprint density at radius 2 is 2.21 bits per heavy atom. The van der Waals surface area contributed by atoms with Gasteiger partial charge in [-0.1, -0.05) is 17.7 Å². The Balaban J connectivity index is 2.39. The quantitative estimate of drug-likeness (QED) is 0.707. The fourth-order valence-electron chi connectivity index (χ4n) is 1.88. The van der Waals surface area contributed by atoms with E-state index in [1.807, 2.05) is 18.2 Å². The Labute approximate surface area is 88.3 Å². The first kappa shape index (κ1) is 9.51. The third-order valence-corrected chi connectivity index (χ3v) is 2.97. The Bertz CT molecular complexity index is 408. The molecule has 1 aliphatic rings. The fourth-order valence-corrected chi connectivity index (χ4v) is 2.08. The van der Waals surface area contributed by atoms with Gasteiger partial charge in [-0.25, -0.2) is 0 Å². The van der Waals surface area contributed by atoms with E-state index in [1.165, 1.54) is 5.56 Å². The summed E-state index contributed by atoms with van der Waals surface area (Å²) in [6.45, 7) is 0. The lowest BCUT2D eigenvalue weighted by atomic mass is 9.80. The average Bonchev–Trinajstić information content (AvgIpc) is 2.17. The van der Waals surface area contributed by atoms with Crippen molar-refractivity contribution >= 4 is 11.6 Å². The van der Waals surface area contributed by atoms with Gasteiger partial charge in [-0.3, -0.25) is 0 Å². The Morgan fingerprint density at radius 1 is 1.43 bits per heavy atom. The topological polar surface area (TPSA) is 49.8 Å². The molecule has 2 rings (SSSR count). The second-order valence-corrected chi connectivity index (χ2v) is 4.29. The number of halogens is 1. The lowest BCUT2D eigenvalue weighted by molar-refractivity contribution is 0.470. The minimum atomic E-state index is -0.697. The van der Waals surface area contributed by atoms with Gasteiger partial charge in [0, 0.05) is 11.4 Å². The predicted molar refractivity (Wildman–Crippen MR) is 56.0 cm³/mol. The molecule has 0 amide bonds. The molecule has 0 saturated heterocycles. The number of fused-ring (bicyclic) bond motifs is 1. The Kier molecular flexibility index (Phi) is 2.22. The smallest absolute Gasteiger partial charge is 0.108 e. The molecule has 0 spiro atoms. The zero-order valence-electron chi connectivity index (χ0n) is 7.76. The van der Waals surface area contributed by atoms with Gasteiger partial charge in [0.15, 0.2) is 0 Å². The molecule has 2 N–H and O–H groups in total. The van der Waals surface area contributed by atoms with Crippen LogP contribution in [0.4, 0.5) is 0 Å². The molecular formula is C11H11ClN2. The number of benzene rings is 1. The summed E-state index contributed by atoms with van der Waals surface area (Å²) >= 11 is 5.89. The van der Waals surface area contributed by atoms with Crippen LogP contribution in [0, 0.1) is 11.3 Å². The summed E-state index contributed by atoms with van der Waals surface area (Å²) in [5, 5.41) is 9.65. The van der Waals surface area contributed by atoms with Crippen molar-refractivity contribution in [1.82, 2.24) is 0 Å². The summed E-state index contributed by atoms with van der Waals surface area (Å²) in [4.78, 5) is 0. The van der Waals surface area contributed by atoms with Crippen LogP contribution in [0.2, 0.25) is 5.02 Å². The van der Waals surface area contributed by atoms with Crippen molar-refractivity contribution in [3.8, 4) is 6.07 Å². The van der Waals surface area contributed by atoms with Gasteiger partial charge >= 0.3 is 0 Å². The maximum absolute atomic E-state index is 8.94. The number of aryl methyl sites for hydroxylation is 1. The second kappa shape index (κ2) is 3.27. The van der Waals surface area contributed by atoms with Crippen LogP contribution in [0.3, 0.4) is 0 Å². The summed E-state index contributed by atoms with van der Waals surface area (Å²) in [5.74, 6) is 0. The maximum atomic E-state index is 8.94. The summed E-state index contributed by atoms with van der Waals surface area (Å²) in [7, 11) is 0. The third-order valence-electron chi connectivity index (χ3n) is 2.74. The molecule has 3 heteroatoms. The van der Waals surface area contributed by atoms with E-state index in [0.717, 1.165) is 18.4 Å². The largest absolute Gasteiger partial charge is 0.313 e. The number of hydrogen-bond acceptors (Lipinski definition) is 2. The molecule has 0 heterocycles. The van der Waals surface area contributed by atoms with Gasteiger partial charge in [0.25, 0.3) is 0 Å². The highest BCUT2D eigenvalue weighted by molar-refractivity contribution is 6.30. The molecule has 0 aromatic heterocycles. The number of rotatable bonds is 0. The Morgan fingerprint density at radius 3 is 2.93 bits per heavy atom. The van der Waals surface area contributed by atoms with Crippen LogP contribution in [0.25, 0.3) is 0 Å². The van der Waals surface area contributed by atoms with Crippen LogP contribution < -0.4 is 5.73 Å². The standard InChI is InChI=1S/C11H11ClN2/c12-10-2-1-8-3-4-11(14,7-13)6-9(8)5-10/h1-2,5H,3-4,6,14H2. The highest BCUT2D eigenvalue weighted by Crippen LogP contribution is 2.28. The van der Waals surface area contributed by atoms with Gasteiger partial charge in [-0.05, 0) is 36.1 Å². The summed E-state index contributed by atoms with van der Waals surface area (Å²) in [6.07, 6.45) is 2.22. The van der Waals surface area contributed by atoms with Crippen LogP contribution >= 0.6 is 11.6 Å². The highest BCUT2D eigenvalue weighted by atomic mass is 35.5. The van der Waals surface area contributed by atoms with Gasteiger partial charge in [0.05, 0.1) is 6.07 Å². The van der Waals surface area contributed by atoms with E-state index in [2.05, 4.69) is 6.07 Å². The molecule has 0 saturated carbocycles. The summed E-state index contributed by atoms with van der Waals surface area (Å²) in [6, 6.07) is 7.99. The van der Waals surface area contributed by atoms with E-state index in [-0.39, 0.29) is 0 Å². The zero-order valence-corrected chi connectivity index (χ0v) is 8.51. The van der Waals surface area contributed by atoms with Gasteiger partial charge in [-0.15, -0.1) is 0 Å². The molecule has 1 aliphatic carbocycles. The third kappa shape index (κ3) is 1.61. The van der Waals surface area contributed by atoms with Crippen molar-refractivity contribution in [2.24, 2.45) is 5.73 Å². The van der Waals surface area contributed by atoms with Crippen molar-refractivity contribution in [3.05, 3.63) is 34.3 Å². The van der Waals surface area contributed by atoms with Crippen molar-refractivity contribution in [2.75, 3.05) is 0 Å². The van der Waals surface area contributed by atoms with Crippen LogP contribution in [0.15, 0.2) is 18.2 Å². The molecule has 1 aromatic carbocycles. The van der Waals surface area contributed by atoms with E-state index in [0.29, 0.717) is 11.4 Å². The van der Waals surface area contributed by atoms with Crippen molar-refractivity contribution in [2.45, 2.75) is 24.8 Å². The van der Waals surface area contributed by atoms with Gasteiger partial charge in [-0.2, -0.15) is 5.26 Å². The molecule has 0 aliphatic heterocycles. The van der Waals surface area contributed by atoms with Gasteiger partial charge in [0.1, 0.15) is 5.54 Å². The maximum Gasteiger partial charge on any atom is 0.108 e. The Hall–Kier alpha value is -1.04. The van der Waals surface area contributed by atoms with Crippen LogP contribution in [-0.2, 0) is 12.8 Å². The highest BCUT2D eigenvalue weighted by Gasteiger charge is 2.30. The van der Waals surface area contributed by atoms with Gasteiger partial charge in [0.2, 0.25) is 0 Å². The molecule has 1 aromatic rings. The minimum Gasteiger partial charge on any atom is -0.313 e. The molecule has 2 nitrogen and oxygen atoms in total. The molecule has 0 radical (unpaired) electrons. The van der Waals surface area contributed by atoms with E-state index in [4.69, 9.17) is 22.6 Å². The SMILES string of the molecule is N#CC1(N)CCc2ccc(Cl)cc2C1. The lowest BCUT2D eigenvalue weighted by Crippen LogP contribution is -2.43. The number of nitrogens with zero attached hydrogens (tertiary/aromatic N) is 1. The van der Waals surface area contributed by atoms with E-state index < -0.39 is 5.54 Å². The summed E-state index contributed by atoms with van der Waals surface area (Å²) < 4.78 is 0. The minimum absolute atomic E-state index is 0.611. The second-order valence-electron chi connectivity index (χ2n) is 3.86. The molecule has 14 heavy (non-hydrogen) atoms. The average molecular weight is 207 g/mol. The van der Waals surface area contributed by atoms with Crippen LogP contribution in [-0.4, -0.2) is 5.54 Å². The first-order valence-electron chi connectivity index (χ1n) is 4.60. The van der Waals surface area contributed by atoms with E-state index >= 15 is 0 Å². The first-order valence-corrected chi connectivity index (χ1v) is 4.98. The van der Waals surface area contributed by atoms with Crippen molar-refractivity contribution < 1.29 is 0 Å². The van der Waals surface area contributed by atoms with Crippen molar-refractivity contribution in [3.63, 3.8) is 0 Å². The molecule has 0 fully saturated rings. The molecule has 72 valence electrons. The monoisotopic (exact) mass is 206 g/mol. The number of nitriles is 1. The fraction of sp³-hybridized carbons (Fsp3) is 0.364. The number of hydrogen-bond donors (Lipinski definition) is 1. The molecule has 1 unspecified atom stereocenters. The molecule has 1 atom stereocenters. The molecule has 0 bridgehead atoms. The summed E-state index contributed by atoms with van der Waals surface area (Å²) in [5.41, 5.74) is 7.61. The molecular weight excluding hydrogens is 196 g/mol. The lowest BCUT2D eigenvalue weighted by Gasteiger charge is -2.28. The predicted octanol–water partition coefficient (Wildman–Crippen LogP) is 2.05. The number of nitrogens with two attached hydrogens (primary N) is 1. The first-order chi connectivity index (χ1) is 6.63. The van der Waals surface area contributed by atoms with Crippen molar-refractivity contribution in [1.29, 1.82) is 5.26 Å².